The molecule has 1 aromatic carbocycles. The van der Waals surface area contributed by atoms with Gasteiger partial charge < -0.3 is 14.9 Å². The fourth-order valence-electron chi connectivity index (χ4n) is 2.61. The number of hydrogen-bond acceptors (Lipinski definition) is 3. The Morgan fingerprint density at radius 1 is 1.25 bits per heavy atom. The number of aliphatic hydroxyl groups excluding tert-OH is 1. The summed E-state index contributed by atoms with van der Waals surface area (Å²) in [6.45, 7) is 6.95. The fraction of sp³-hybridized carbons (Fsp3) is 0.625. The Balaban J connectivity index is 1.85. The van der Waals surface area contributed by atoms with Crippen LogP contribution in [-0.4, -0.2) is 54.7 Å². The predicted octanol–water partition coefficient (Wildman–Crippen LogP) is 2.20. The third-order valence-corrected chi connectivity index (χ3v) is 4.11. The van der Waals surface area contributed by atoms with Crippen LogP contribution in [0, 0.1) is 12.7 Å². The van der Waals surface area contributed by atoms with E-state index in [1.807, 2.05) is 6.07 Å². The number of nitrogens with zero attached hydrogens (tertiary/aromatic N) is 2. The van der Waals surface area contributed by atoms with Crippen LogP contribution in [0.4, 0.5) is 4.39 Å². The zero-order valence-electron chi connectivity index (χ0n) is 12.5. The van der Waals surface area contributed by atoms with Crippen LogP contribution in [0.5, 0.6) is 0 Å². The predicted molar refractivity (Wildman–Crippen MR) is 79.3 cm³/mol. The minimum Gasteiger partial charge on any atom is -0.388 e. The summed E-state index contributed by atoms with van der Waals surface area (Å²) in [5.41, 5.74) is 1.30. The van der Waals surface area contributed by atoms with Crippen LogP contribution in [0.2, 0.25) is 0 Å². The van der Waals surface area contributed by atoms with Crippen LogP contribution in [0.15, 0.2) is 18.2 Å². The maximum Gasteiger partial charge on any atom is 0.126 e. The highest BCUT2D eigenvalue weighted by Gasteiger charge is 2.15. The van der Waals surface area contributed by atoms with E-state index in [0.717, 1.165) is 32.7 Å². The molecular formula is C16H25FN2O. The topological polar surface area (TPSA) is 26.7 Å². The normalized spacial score (nSPS) is 19.8. The van der Waals surface area contributed by atoms with Gasteiger partial charge in [0.1, 0.15) is 5.82 Å². The molecule has 1 unspecified atom stereocenters. The quantitative estimate of drug-likeness (QED) is 0.916. The highest BCUT2D eigenvalue weighted by Crippen LogP contribution is 2.20. The van der Waals surface area contributed by atoms with E-state index in [2.05, 4.69) is 16.8 Å². The van der Waals surface area contributed by atoms with Crippen LogP contribution in [0.1, 0.15) is 30.1 Å². The van der Waals surface area contributed by atoms with Gasteiger partial charge >= 0.3 is 0 Å². The summed E-state index contributed by atoms with van der Waals surface area (Å²) >= 11 is 0. The lowest BCUT2D eigenvalue weighted by molar-refractivity contribution is 0.142. The van der Waals surface area contributed by atoms with Crippen molar-refractivity contribution in [3.05, 3.63) is 35.1 Å². The third-order valence-electron chi connectivity index (χ3n) is 4.11. The van der Waals surface area contributed by atoms with Gasteiger partial charge in [-0.1, -0.05) is 12.1 Å². The standard InChI is InChI=1S/C16H25FN2O/c1-13-4-5-14(12-15(13)17)16(20)6-9-19-8-3-7-18(2)10-11-19/h4-5,12,16,20H,3,6-11H2,1-2H3. The second kappa shape index (κ2) is 7.16. The molecule has 1 aromatic rings. The molecule has 1 aliphatic rings. The molecule has 20 heavy (non-hydrogen) atoms. The molecule has 4 heteroatoms. The van der Waals surface area contributed by atoms with Gasteiger partial charge in [-0.05, 0) is 57.1 Å². The minimum absolute atomic E-state index is 0.238. The van der Waals surface area contributed by atoms with Crippen LogP contribution >= 0.6 is 0 Å². The van der Waals surface area contributed by atoms with Gasteiger partial charge in [0, 0.05) is 19.6 Å². The van der Waals surface area contributed by atoms with Crippen molar-refractivity contribution in [1.82, 2.24) is 9.80 Å². The van der Waals surface area contributed by atoms with E-state index in [-0.39, 0.29) is 5.82 Å². The van der Waals surface area contributed by atoms with Crippen molar-refractivity contribution in [2.24, 2.45) is 0 Å². The maximum atomic E-state index is 13.5. The van der Waals surface area contributed by atoms with E-state index in [0.29, 0.717) is 17.5 Å². The molecular weight excluding hydrogens is 255 g/mol. The summed E-state index contributed by atoms with van der Waals surface area (Å²) in [5.74, 6) is -0.238. The Bertz CT molecular complexity index is 438. The summed E-state index contributed by atoms with van der Waals surface area (Å²) in [6.07, 6.45) is 1.25. The summed E-state index contributed by atoms with van der Waals surface area (Å²) in [7, 11) is 2.15. The van der Waals surface area contributed by atoms with Crippen molar-refractivity contribution in [3.63, 3.8) is 0 Å². The van der Waals surface area contributed by atoms with Gasteiger partial charge in [0.2, 0.25) is 0 Å². The molecule has 2 rings (SSSR count). The molecule has 3 nitrogen and oxygen atoms in total. The number of benzene rings is 1. The minimum atomic E-state index is -0.578. The van der Waals surface area contributed by atoms with E-state index in [4.69, 9.17) is 0 Å². The first-order valence-corrected chi connectivity index (χ1v) is 7.41. The van der Waals surface area contributed by atoms with Gasteiger partial charge in [0.05, 0.1) is 6.10 Å². The summed E-state index contributed by atoms with van der Waals surface area (Å²) in [5, 5.41) is 10.2. The van der Waals surface area contributed by atoms with Crippen LogP contribution in [0.25, 0.3) is 0 Å². The number of rotatable bonds is 4. The van der Waals surface area contributed by atoms with Gasteiger partial charge in [-0.15, -0.1) is 0 Å². The fourth-order valence-corrected chi connectivity index (χ4v) is 2.61. The Kier molecular flexibility index (Phi) is 5.52. The average molecular weight is 280 g/mol. The molecule has 1 N–H and O–H groups in total. The van der Waals surface area contributed by atoms with E-state index in [1.54, 1.807) is 13.0 Å². The first-order valence-electron chi connectivity index (χ1n) is 7.41. The molecule has 0 amide bonds. The van der Waals surface area contributed by atoms with Crippen LogP contribution in [0.3, 0.4) is 0 Å². The molecule has 1 atom stereocenters. The number of likely N-dealkylation sites (N-methyl/N-ethyl adjacent to an activating group) is 1. The SMILES string of the molecule is Cc1ccc(C(O)CCN2CCCN(C)CC2)cc1F. The Labute approximate surface area is 121 Å². The smallest absolute Gasteiger partial charge is 0.126 e. The zero-order valence-corrected chi connectivity index (χ0v) is 12.5. The Morgan fingerprint density at radius 2 is 2.05 bits per heavy atom. The van der Waals surface area contributed by atoms with Crippen molar-refractivity contribution in [1.29, 1.82) is 0 Å². The van der Waals surface area contributed by atoms with E-state index in [1.165, 1.54) is 12.5 Å². The summed E-state index contributed by atoms with van der Waals surface area (Å²) in [6, 6.07) is 5.00. The molecule has 1 saturated heterocycles. The van der Waals surface area contributed by atoms with Crippen molar-refractivity contribution >= 4 is 0 Å². The first-order chi connectivity index (χ1) is 9.56. The van der Waals surface area contributed by atoms with Gasteiger partial charge in [-0.2, -0.15) is 0 Å². The van der Waals surface area contributed by atoms with Gasteiger partial charge in [-0.3, -0.25) is 0 Å². The number of hydrogen-bond donors (Lipinski definition) is 1. The number of aryl methyl sites for hydroxylation is 1. The Morgan fingerprint density at radius 3 is 2.80 bits per heavy atom. The monoisotopic (exact) mass is 280 g/mol. The maximum absolute atomic E-state index is 13.5. The lowest BCUT2D eigenvalue weighted by Crippen LogP contribution is -2.30. The van der Waals surface area contributed by atoms with Gasteiger partial charge in [0.25, 0.3) is 0 Å². The van der Waals surface area contributed by atoms with Crippen molar-refractivity contribution < 1.29 is 9.50 Å². The zero-order chi connectivity index (χ0) is 14.5. The van der Waals surface area contributed by atoms with E-state index in [9.17, 15) is 9.50 Å². The van der Waals surface area contributed by atoms with Gasteiger partial charge in [-0.25, -0.2) is 4.39 Å². The molecule has 1 fully saturated rings. The highest BCUT2D eigenvalue weighted by molar-refractivity contribution is 5.24. The molecule has 1 heterocycles. The van der Waals surface area contributed by atoms with Gasteiger partial charge in [0.15, 0.2) is 0 Å². The lowest BCUT2D eigenvalue weighted by atomic mass is 10.0. The first kappa shape index (κ1) is 15.4. The average Bonchev–Trinajstić information content (AvgIpc) is 2.64. The molecule has 0 spiro atoms. The Hall–Kier alpha value is -0.970. The van der Waals surface area contributed by atoms with Crippen molar-refractivity contribution in [3.8, 4) is 0 Å². The highest BCUT2D eigenvalue weighted by atomic mass is 19.1. The van der Waals surface area contributed by atoms with Crippen LogP contribution in [-0.2, 0) is 0 Å². The molecule has 0 saturated carbocycles. The summed E-state index contributed by atoms with van der Waals surface area (Å²) < 4.78 is 13.5. The van der Waals surface area contributed by atoms with E-state index >= 15 is 0 Å². The summed E-state index contributed by atoms with van der Waals surface area (Å²) in [4.78, 5) is 4.73. The molecule has 0 radical (unpaired) electrons. The molecule has 0 aliphatic carbocycles. The molecule has 0 aromatic heterocycles. The molecule has 0 bridgehead atoms. The molecule has 1 aliphatic heterocycles. The third kappa shape index (κ3) is 4.27. The van der Waals surface area contributed by atoms with Crippen LogP contribution < -0.4 is 0 Å². The second-order valence-corrected chi connectivity index (χ2v) is 5.81. The van der Waals surface area contributed by atoms with Crippen molar-refractivity contribution in [2.75, 3.05) is 39.8 Å². The van der Waals surface area contributed by atoms with E-state index < -0.39 is 6.10 Å². The largest absolute Gasteiger partial charge is 0.388 e. The number of halogens is 1. The number of aliphatic hydroxyl groups is 1. The second-order valence-electron chi connectivity index (χ2n) is 5.81. The lowest BCUT2D eigenvalue weighted by Gasteiger charge is -2.22. The molecule has 112 valence electrons. The van der Waals surface area contributed by atoms with Crippen molar-refractivity contribution in [2.45, 2.75) is 25.9 Å².